The van der Waals surface area contributed by atoms with E-state index in [-0.39, 0.29) is 0 Å². The van der Waals surface area contributed by atoms with Crippen LogP contribution in [0, 0.1) is 11.3 Å². The molecule has 0 aliphatic carbocycles. The van der Waals surface area contributed by atoms with Crippen molar-refractivity contribution in [2.24, 2.45) is 5.92 Å². The lowest BCUT2D eigenvalue weighted by molar-refractivity contribution is -0.139. The van der Waals surface area contributed by atoms with Crippen LogP contribution >= 0.6 is 0 Å². The number of aryl methyl sites for hydroxylation is 1. The van der Waals surface area contributed by atoms with Gasteiger partial charge in [-0.1, -0.05) is 30.3 Å². The summed E-state index contributed by atoms with van der Waals surface area (Å²) in [6.07, 6.45) is 3.22. The Hall–Kier alpha value is -1.64. The summed E-state index contributed by atoms with van der Waals surface area (Å²) in [5.74, 6) is -1.54. The van der Waals surface area contributed by atoms with E-state index in [0.717, 1.165) is 19.1 Å². The molecule has 0 saturated carbocycles. The zero-order valence-electron chi connectivity index (χ0n) is 8.52. The highest BCUT2D eigenvalue weighted by Gasteiger charge is 2.13. The molecule has 0 fully saturated rings. The van der Waals surface area contributed by atoms with E-state index >= 15 is 0 Å². The molecular weight excluding hydrogens is 190 g/mol. The summed E-state index contributed by atoms with van der Waals surface area (Å²) in [6.45, 7) is 0. The number of nitrogens with one attached hydrogen (secondary N) is 1. The van der Waals surface area contributed by atoms with Crippen LogP contribution in [0.5, 0.6) is 0 Å². The van der Waals surface area contributed by atoms with E-state index in [4.69, 9.17) is 10.5 Å². The Kier molecular flexibility index (Phi) is 4.54. The summed E-state index contributed by atoms with van der Waals surface area (Å²) in [6, 6.07) is 9.96. The molecule has 0 bridgehead atoms. The second-order valence-electron chi connectivity index (χ2n) is 3.49. The van der Waals surface area contributed by atoms with Crippen LogP contribution in [0.4, 0.5) is 0 Å². The second-order valence-corrected chi connectivity index (χ2v) is 3.49. The molecule has 1 aromatic carbocycles. The number of rotatable bonds is 6. The Morgan fingerprint density at radius 1 is 1.40 bits per heavy atom. The first-order valence-electron chi connectivity index (χ1n) is 5.01. The van der Waals surface area contributed by atoms with E-state index in [0.29, 0.717) is 6.42 Å². The third kappa shape index (κ3) is 3.94. The van der Waals surface area contributed by atoms with E-state index in [1.165, 1.54) is 5.56 Å². The first kappa shape index (κ1) is 11.4. The maximum absolute atomic E-state index is 10.6. The van der Waals surface area contributed by atoms with Crippen molar-refractivity contribution < 1.29 is 9.90 Å². The van der Waals surface area contributed by atoms with Crippen molar-refractivity contribution in [1.82, 2.24) is 0 Å². The summed E-state index contributed by atoms with van der Waals surface area (Å²) in [7, 11) is 0. The Balaban J connectivity index is 2.33. The van der Waals surface area contributed by atoms with Crippen molar-refractivity contribution in [2.75, 3.05) is 0 Å². The lowest BCUT2D eigenvalue weighted by Gasteiger charge is -2.05. The molecule has 0 aliphatic rings. The Morgan fingerprint density at radius 2 is 2.07 bits per heavy atom. The van der Waals surface area contributed by atoms with Gasteiger partial charge in [0.2, 0.25) is 0 Å². The fraction of sp³-hybridized carbons (Fsp3) is 0.333. The SMILES string of the molecule is N=C[C@@H](CCCc1ccccc1)C(=O)O. The maximum Gasteiger partial charge on any atom is 0.311 e. The van der Waals surface area contributed by atoms with Gasteiger partial charge in [0.25, 0.3) is 0 Å². The van der Waals surface area contributed by atoms with Gasteiger partial charge in [-0.05, 0) is 24.8 Å². The monoisotopic (exact) mass is 205 g/mol. The molecule has 1 rings (SSSR count). The number of carboxylic acid groups (broad SMARTS) is 1. The zero-order chi connectivity index (χ0) is 11.1. The predicted molar refractivity (Wildman–Crippen MR) is 59.3 cm³/mol. The van der Waals surface area contributed by atoms with E-state index in [2.05, 4.69) is 0 Å². The van der Waals surface area contributed by atoms with Crippen molar-refractivity contribution in [3.8, 4) is 0 Å². The fourth-order valence-electron chi connectivity index (χ4n) is 1.45. The van der Waals surface area contributed by atoms with E-state index < -0.39 is 11.9 Å². The van der Waals surface area contributed by atoms with Crippen molar-refractivity contribution in [3.63, 3.8) is 0 Å². The van der Waals surface area contributed by atoms with Crippen LogP contribution in [0.25, 0.3) is 0 Å². The van der Waals surface area contributed by atoms with Gasteiger partial charge in [-0.25, -0.2) is 0 Å². The number of carbonyl (C=O) groups is 1. The minimum absolute atomic E-state index is 0.535. The number of aliphatic carboxylic acids is 1. The summed E-state index contributed by atoms with van der Waals surface area (Å²) >= 11 is 0. The van der Waals surface area contributed by atoms with Crippen LogP contribution in [-0.2, 0) is 11.2 Å². The van der Waals surface area contributed by atoms with Gasteiger partial charge >= 0.3 is 5.97 Å². The highest BCUT2D eigenvalue weighted by atomic mass is 16.4. The molecule has 15 heavy (non-hydrogen) atoms. The highest BCUT2D eigenvalue weighted by Crippen LogP contribution is 2.09. The van der Waals surface area contributed by atoms with Crippen molar-refractivity contribution in [1.29, 1.82) is 5.41 Å². The van der Waals surface area contributed by atoms with Crippen LogP contribution in [0.1, 0.15) is 18.4 Å². The molecule has 80 valence electrons. The average molecular weight is 205 g/mol. The first-order chi connectivity index (χ1) is 7.24. The summed E-state index contributed by atoms with van der Waals surface area (Å²) < 4.78 is 0. The largest absolute Gasteiger partial charge is 0.481 e. The quantitative estimate of drug-likeness (QED) is 0.700. The second kappa shape index (κ2) is 5.96. The first-order valence-corrected chi connectivity index (χ1v) is 5.01. The summed E-state index contributed by atoms with van der Waals surface area (Å²) in [5, 5.41) is 15.7. The van der Waals surface area contributed by atoms with Gasteiger partial charge in [0, 0.05) is 6.21 Å². The van der Waals surface area contributed by atoms with Crippen LogP contribution in [0.2, 0.25) is 0 Å². The Bertz CT molecular complexity index is 322. The lowest BCUT2D eigenvalue weighted by Crippen LogP contribution is -2.14. The highest BCUT2D eigenvalue weighted by molar-refractivity contribution is 5.87. The lowest BCUT2D eigenvalue weighted by atomic mass is 10.0. The molecule has 0 amide bonds. The molecule has 1 atom stereocenters. The summed E-state index contributed by atoms with van der Waals surface area (Å²) in [5.41, 5.74) is 1.21. The topological polar surface area (TPSA) is 61.2 Å². The number of hydrogen-bond donors (Lipinski definition) is 2. The molecular formula is C12H15NO2. The zero-order valence-corrected chi connectivity index (χ0v) is 8.52. The van der Waals surface area contributed by atoms with Gasteiger partial charge in [-0.15, -0.1) is 0 Å². The van der Waals surface area contributed by atoms with Crippen LogP contribution < -0.4 is 0 Å². The molecule has 0 saturated heterocycles. The fourth-order valence-corrected chi connectivity index (χ4v) is 1.45. The molecule has 2 N–H and O–H groups in total. The van der Waals surface area contributed by atoms with Crippen LogP contribution in [-0.4, -0.2) is 17.3 Å². The molecule has 3 nitrogen and oxygen atoms in total. The maximum atomic E-state index is 10.6. The van der Waals surface area contributed by atoms with Crippen molar-refractivity contribution >= 4 is 12.2 Å². The average Bonchev–Trinajstić information content (AvgIpc) is 2.25. The third-order valence-corrected chi connectivity index (χ3v) is 2.34. The molecule has 0 aliphatic heterocycles. The normalized spacial score (nSPS) is 12.0. The van der Waals surface area contributed by atoms with E-state index in [1.54, 1.807) is 0 Å². The van der Waals surface area contributed by atoms with Gasteiger partial charge in [-0.2, -0.15) is 0 Å². The smallest absolute Gasteiger partial charge is 0.311 e. The van der Waals surface area contributed by atoms with Gasteiger partial charge in [0.15, 0.2) is 0 Å². The van der Waals surface area contributed by atoms with E-state index in [9.17, 15) is 4.79 Å². The van der Waals surface area contributed by atoms with Gasteiger partial charge < -0.3 is 10.5 Å². The number of hydrogen-bond acceptors (Lipinski definition) is 2. The molecule has 0 heterocycles. The summed E-state index contributed by atoms with van der Waals surface area (Å²) in [4.78, 5) is 10.6. The minimum Gasteiger partial charge on any atom is -0.481 e. The predicted octanol–water partition coefficient (Wildman–Crippen LogP) is 2.36. The molecule has 0 unspecified atom stereocenters. The van der Waals surface area contributed by atoms with Crippen LogP contribution in [0.15, 0.2) is 30.3 Å². The van der Waals surface area contributed by atoms with Crippen molar-refractivity contribution in [3.05, 3.63) is 35.9 Å². The molecule has 3 heteroatoms. The Morgan fingerprint density at radius 3 is 2.60 bits per heavy atom. The van der Waals surface area contributed by atoms with E-state index in [1.807, 2.05) is 30.3 Å². The van der Waals surface area contributed by atoms with Gasteiger partial charge in [-0.3, -0.25) is 4.79 Å². The minimum atomic E-state index is -0.905. The van der Waals surface area contributed by atoms with Gasteiger partial charge in [0.05, 0.1) is 5.92 Å². The molecule has 0 radical (unpaired) electrons. The number of carboxylic acids is 1. The van der Waals surface area contributed by atoms with Crippen LogP contribution in [0.3, 0.4) is 0 Å². The molecule has 0 aromatic heterocycles. The van der Waals surface area contributed by atoms with Gasteiger partial charge in [0.1, 0.15) is 0 Å². The third-order valence-electron chi connectivity index (χ3n) is 2.34. The molecule has 1 aromatic rings. The standard InChI is InChI=1S/C12H15NO2/c13-9-11(12(14)15)8-4-7-10-5-2-1-3-6-10/h1-3,5-6,9,11,13H,4,7-8H2,(H,14,15)/t11-/m1/s1. The number of benzene rings is 1. The molecule has 0 spiro atoms. The van der Waals surface area contributed by atoms with Crippen molar-refractivity contribution in [2.45, 2.75) is 19.3 Å². The Labute approximate surface area is 89.3 Å².